The molecule has 0 N–H and O–H groups in total. The van der Waals surface area contributed by atoms with E-state index in [1.54, 1.807) is 0 Å². The van der Waals surface area contributed by atoms with Crippen LogP contribution < -0.4 is 9.47 Å². The van der Waals surface area contributed by atoms with Gasteiger partial charge in [-0.1, -0.05) is 70.2 Å². The van der Waals surface area contributed by atoms with Crippen LogP contribution >= 0.6 is 0 Å². The summed E-state index contributed by atoms with van der Waals surface area (Å²) in [5, 5.41) is 2.12. The van der Waals surface area contributed by atoms with Crippen molar-refractivity contribution in [3.05, 3.63) is 71.8 Å². The lowest BCUT2D eigenvalue weighted by Gasteiger charge is -2.25. The highest BCUT2D eigenvalue weighted by Gasteiger charge is 2.19. The molecule has 0 radical (unpaired) electrons. The van der Waals surface area contributed by atoms with Gasteiger partial charge in [0.25, 0.3) is 0 Å². The van der Waals surface area contributed by atoms with Gasteiger partial charge >= 0.3 is 5.97 Å². The second-order valence-electron chi connectivity index (χ2n) is 9.13. The zero-order valence-electron chi connectivity index (χ0n) is 18.7. The van der Waals surface area contributed by atoms with Gasteiger partial charge < -0.3 is 9.47 Å². The fraction of sp³-hybridized carbons (Fsp3) is 0.370. The van der Waals surface area contributed by atoms with Gasteiger partial charge in [0, 0.05) is 5.39 Å². The van der Waals surface area contributed by atoms with E-state index < -0.39 is 5.97 Å². The summed E-state index contributed by atoms with van der Waals surface area (Å²) in [6.45, 7) is 11.0. The molecule has 0 aliphatic rings. The van der Waals surface area contributed by atoms with Gasteiger partial charge in [0.15, 0.2) is 6.61 Å². The molecule has 0 bridgehead atoms. The molecule has 0 amide bonds. The number of carbonyl (C=O) groups excluding carboxylic acids is 1. The maximum atomic E-state index is 12.3. The van der Waals surface area contributed by atoms with Crippen molar-refractivity contribution in [2.45, 2.75) is 53.4 Å². The predicted molar refractivity (Wildman–Crippen MR) is 123 cm³/mol. The first kappa shape index (κ1) is 21.9. The second-order valence-corrected chi connectivity index (χ2v) is 9.13. The van der Waals surface area contributed by atoms with Crippen molar-refractivity contribution in [2.75, 3.05) is 6.61 Å². The molecule has 158 valence electrons. The Labute approximate surface area is 180 Å². The summed E-state index contributed by atoms with van der Waals surface area (Å²) in [6, 6.07) is 19.8. The normalized spacial score (nSPS) is 12.6. The van der Waals surface area contributed by atoms with Gasteiger partial charge in [-0.25, -0.2) is 4.79 Å². The third kappa shape index (κ3) is 5.63. The van der Waals surface area contributed by atoms with Crippen LogP contribution in [0.1, 0.15) is 57.6 Å². The average molecular weight is 405 g/mol. The van der Waals surface area contributed by atoms with Crippen molar-refractivity contribution in [2.24, 2.45) is 5.41 Å². The number of esters is 1. The molecule has 3 heteroatoms. The van der Waals surface area contributed by atoms with Crippen LogP contribution in [-0.4, -0.2) is 12.6 Å². The Bertz CT molecular complexity index is 997. The Morgan fingerprint density at radius 1 is 0.933 bits per heavy atom. The molecule has 0 saturated carbocycles. The molecule has 30 heavy (non-hydrogen) atoms. The first-order valence-corrected chi connectivity index (χ1v) is 10.7. The molecule has 1 atom stereocenters. The molecule has 3 aromatic rings. The minimum absolute atomic E-state index is 0.129. The third-order valence-electron chi connectivity index (χ3n) is 5.38. The van der Waals surface area contributed by atoms with E-state index >= 15 is 0 Å². The van der Waals surface area contributed by atoms with Gasteiger partial charge in [-0.3, -0.25) is 0 Å². The van der Waals surface area contributed by atoms with E-state index in [1.165, 1.54) is 11.1 Å². The number of benzene rings is 3. The largest absolute Gasteiger partial charge is 0.481 e. The monoisotopic (exact) mass is 404 g/mol. The van der Waals surface area contributed by atoms with Crippen LogP contribution in [0, 0.1) is 12.3 Å². The van der Waals surface area contributed by atoms with Crippen LogP contribution in [0.4, 0.5) is 0 Å². The number of hydrogen-bond donors (Lipinski definition) is 0. The lowest BCUT2D eigenvalue weighted by atomic mass is 9.80. The molecule has 3 nitrogen and oxygen atoms in total. The van der Waals surface area contributed by atoms with Gasteiger partial charge in [-0.05, 0) is 65.8 Å². The lowest BCUT2D eigenvalue weighted by Crippen LogP contribution is -2.18. The summed E-state index contributed by atoms with van der Waals surface area (Å²) >= 11 is 0. The molecule has 0 heterocycles. The van der Waals surface area contributed by atoms with E-state index in [9.17, 15) is 4.79 Å². The molecule has 0 aromatic heterocycles. The molecule has 0 spiro atoms. The van der Waals surface area contributed by atoms with Crippen LogP contribution in [-0.2, 0) is 4.79 Å². The summed E-state index contributed by atoms with van der Waals surface area (Å²) in [5.41, 5.74) is 2.75. The van der Waals surface area contributed by atoms with E-state index in [2.05, 4.69) is 58.9 Å². The number of rotatable bonds is 7. The standard InChI is InChI=1S/C27H32O3/c1-6-20(17-27(3,4)5)21-13-15-22(16-14-21)30-26(28)18-29-25-12-8-10-23-19(2)9-7-11-24(23)25/h7-16,20H,6,17-18H2,1-5H3. The molecule has 0 aliphatic heterocycles. The Kier molecular flexibility index (Phi) is 6.81. The highest BCUT2D eigenvalue weighted by molar-refractivity contribution is 5.91. The zero-order chi connectivity index (χ0) is 21.7. The minimum Gasteiger partial charge on any atom is -0.481 e. The first-order valence-electron chi connectivity index (χ1n) is 10.7. The van der Waals surface area contributed by atoms with Crippen LogP contribution in [0.2, 0.25) is 0 Å². The first-order chi connectivity index (χ1) is 14.3. The summed E-state index contributed by atoms with van der Waals surface area (Å²) in [5.74, 6) is 1.34. The quantitative estimate of drug-likeness (QED) is 0.312. The van der Waals surface area contributed by atoms with Gasteiger partial charge in [0.05, 0.1) is 0 Å². The fourth-order valence-electron chi connectivity index (χ4n) is 3.91. The molecule has 0 aliphatic carbocycles. The molecule has 3 aromatic carbocycles. The fourth-order valence-corrected chi connectivity index (χ4v) is 3.91. The van der Waals surface area contributed by atoms with Gasteiger partial charge in [-0.2, -0.15) is 0 Å². The van der Waals surface area contributed by atoms with Gasteiger partial charge in [0.2, 0.25) is 0 Å². The van der Waals surface area contributed by atoms with Crippen LogP contribution in [0.25, 0.3) is 10.8 Å². The number of ether oxygens (including phenoxy) is 2. The molecular weight excluding hydrogens is 372 g/mol. The van der Waals surface area contributed by atoms with Crippen molar-refractivity contribution in [3.63, 3.8) is 0 Å². The number of fused-ring (bicyclic) bond motifs is 1. The van der Waals surface area contributed by atoms with Crippen molar-refractivity contribution >= 4 is 16.7 Å². The summed E-state index contributed by atoms with van der Waals surface area (Å²) in [7, 11) is 0. The van der Waals surface area contributed by atoms with Crippen LogP contribution in [0.15, 0.2) is 60.7 Å². The van der Waals surface area contributed by atoms with E-state index in [0.29, 0.717) is 17.4 Å². The van der Waals surface area contributed by atoms with Crippen LogP contribution in [0.3, 0.4) is 0 Å². The zero-order valence-corrected chi connectivity index (χ0v) is 18.7. The van der Waals surface area contributed by atoms with E-state index in [1.807, 2.05) is 36.4 Å². The summed E-state index contributed by atoms with van der Waals surface area (Å²) in [6.07, 6.45) is 2.22. The Balaban J connectivity index is 1.61. The van der Waals surface area contributed by atoms with Crippen molar-refractivity contribution < 1.29 is 14.3 Å². The molecule has 0 saturated heterocycles. The van der Waals surface area contributed by atoms with E-state index in [0.717, 1.165) is 23.6 Å². The summed E-state index contributed by atoms with van der Waals surface area (Å²) < 4.78 is 11.2. The molecule has 0 fully saturated rings. The molecular formula is C27H32O3. The number of aryl methyl sites for hydroxylation is 1. The summed E-state index contributed by atoms with van der Waals surface area (Å²) in [4.78, 5) is 12.3. The number of hydrogen-bond acceptors (Lipinski definition) is 3. The smallest absolute Gasteiger partial charge is 0.349 e. The maximum absolute atomic E-state index is 12.3. The highest BCUT2D eigenvalue weighted by atomic mass is 16.6. The number of carbonyl (C=O) groups is 1. The third-order valence-corrected chi connectivity index (χ3v) is 5.38. The predicted octanol–water partition coefficient (Wildman–Crippen LogP) is 7.06. The minimum atomic E-state index is -0.408. The van der Waals surface area contributed by atoms with Crippen molar-refractivity contribution in [1.29, 1.82) is 0 Å². The van der Waals surface area contributed by atoms with Crippen LogP contribution in [0.5, 0.6) is 11.5 Å². The van der Waals surface area contributed by atoms with E-state index in [4.69, 9.17) is 9.47 Å². The van der Waals surface area contributed by atoms with E-state index in [-0.39, 0.29) is 12.0 Å². The average Bonchev–Trinajstić information content (AvgIpc) is 2.71. The topological polar surface area (TPSA) is 35.5 Å². The maximum Gasteiger partial charge on any atom is 0.349 e. The highest BCUT2D eigenvalue weighted by Crippen LogP contribution is 2.34. The molecule has 1 unspecified atom stereocenters. The van der Waals surface area contributed by atoms with Gasteiger partial charge in [-0.15, -0.1) is 0 Å². The second kappa shape index (κ2) is 9.34. The molecule has 3 rings (SSSR count). The van der Waals surface area contributed by atoms with Gasteiger partial charge in [0.1, 0.15) is 11.5 Å². The Morgan fingerprint density at radius 3 is 2.27 bits per heavy atom. The SMILES string of the molecule is CCC(CC(C)(C)C)c1ccc(OC(=O)COc2cccc3c(C)cccc23)cc1. The van der Waals surface area contributed by atoms with Crippen molar-refractivity contribution in [1.82, 2.24) is 0 Å². The lowest BCUT2D eigenvalue weighted by molar-refractivity contribution is -0.136. The Hall–Kier alpha value is -2.81. The Morgan fingerprint density at radius 2 is 1.60 bits per heavy atom. The van der Waals surface area contributed by atoms with Crippen molar-refractivity contribution in [3.8, 4) is 11.5 Å².